The van der Waals surface area contributed by atoms with Crippen molar-refractivity contribution in [1.82, 2.24) is 10.2 Å². The molecular formula is C18H24N2O4. The van der Waals surface area contributed by atoms with Crippen LogP contribution in [-0.2, 0) is 16.1 Å². The number of carboxylic acid groups (broad SMARTS) is 1. The van der Waals surface area contributed by atoms with Gasteiger partial charge in [-0.2, -0.15) is 0 Å². The Morgan fingerprint density at radius 1 is 1.21 bits per heavy atom. The maximum Gasteiger partial charge on any atom is 0.335 e. The van der Waals surface area contributed by atoms with Crippen LogP contribution < -0.4 is 5.32 Å². The molecule has 0 radical (unpaired) electrons. The highest BCUT2D eigenvalue weighted by Gasteiger charge is 2.32. The SMILES string of the molecule is CC(C)C(=O)N1CCCCC1C(=O)NCc1ccc(C(=O)O)cc1. The molecule has 1 unspecified atom stereocenters. The number of nitrogens with zero attached hydrogens (tertiary/aromatic N) is 1. The zero-order valence-corrected chi connectivity index (χ0v) is 14.1. The average Bonchev–Trinajstić information content (AvgIpc) is 2.59. The summed E-state index contributed by atoms with van der Waals surface area (Å²) in [6.07, 6.45) is 2.55. The minimum Gasteiger partial charge on any atom is -0.478 e. The van der Waals surface area contributed by atoms with Crippen molar-refractivity contribution in [3.8, 4) is 0 Å². The summed E-state index contributed by atoms with van der Waals surface area (Å²) in [7, 11) is 0. The number of piperidine rings is 1. The van der Waals surface area contributed by atoms with Gasteiger partial charge in [-0.15, -0.1) is 0 Å². The Hall–Kier alpha value is -2.37. The van der Waals surface area contributed by atoms with Gasteiger partial charge in [-0.3, -0.25) is 9.59 Å². The monoisotopic (exact) mass is 332 g/mol. The zero-order chi connectivity index (χ0) is 17.7. The molecule has 2 amide bonds. The van der Waals surface area contributed by atoms with Crippen LogP contribution in [0.1, 0.15) is 49.0 Å². The number of rotatable bonds is 5. The molecule has 0 spiro atoms. The lowest BCUT2D eigenvalue weighted by Gasteiger charge is -2.35. The van der Waals surface area contributed by atoms with Gasteiger partial charge in [-0.1, -0.05) is 26.0 Å². The molecule has 1 saturated heterocycles. The molecule has 0 aliphatic carbocycles. The van der Waals surface area contributed by atoms with E-state index >= 15 is 0 Å². The third-order valence-corrected chi connectivity index (χ3v) is 4.25. The molecule has 0 saturated carbocycles. The van der Waals surface area contributed by atoms with Gasteiger partial charge in [0.2, 0.25) is 11.8 Å². The number of nitrogens with one attached hydrogen (secondary N) is 1. The van der Waals surface area contributed by atoms with Crippen molar-refractivity contribution in [1.29, 1.82) is 0 Å². The predicted octanol–water partition coefficient (Wildman–Crippen LogP) is 2.04. The number of benzene rings is 1. The summed E-state index contributed by atoms with van der Waals surface area (Å²) in [6.45, 7) is 4.63. The fraction of sp³-hybridized carbons (Fsp3) is 0.500. The number of hydrogen-bond acceptors (Lipinski definition) is 3. The smallest absolute Gasteiger partial charge is 0.335 e. The molecule has 1 fully saturated rings. The van der Waals surface area contributed by atoms with Gasteiger partial charge in [0, 0.05) is 19.0 Å². The molecule has 24 heavy (non-hydrogen) atoms. The summed E-state index contributed by atoms with van der Waals surface area (Å²) in [5.41, 5.74) is 1.04. The van der Waals surface area contributed by atoms with E-state index in [0.29, 0.717) is 19.5 Å². The van der Waals surface area contributed by atoms with Crippen molar-refractivity contribution in [2.45, 2.75) is 45.7 Å². The minimum atomic E-state index is -0.976. The molecule has 130 valence electrons. The van der Waals surface area contributed by atoms with E-state index < -0.39 is 12.0 Å². The fourth-order valence-corrected chi connectivity index (χ4v) is 2.87. The van der Waals surface area contributed by atoms with Crippen LogP contribution in [0.2, 0.25) is 0 Å². The Bertz CT molecular complexity index is 610. The lowest BCUT2D eigenvalue weighted by Crippen LogP contribution is -2.52. The molecule has 0 bridgehead atoms. The predicted molar refractivity (Wildman–Crippen MR) is 89.4 cm³/mol. The first kappa shape index (κ1) is 18.0. The molecule has 6 heteroatoms. The van der Waals surface area contributed by atoms with E-state index in [1.807, 2.05) is 13.8 Å². The van der Waals surface area contributed by atoms with Gasteiger partial charge in [0.25, 0.3) is 0 Å². The minimum absolute atomic E-state index is 0.0145. The van der Waals surface area contributed by atoms with Crippen LogP contribution in [0, 0.1) is 5.92 Å². The van der Waals surface area contributed by atoms with Crippen LogP contribution in [-0.4, -0.2) is 40.4 Å². The molecule has 1 heterocycles. The van der Waals surface area contributed by atoms with Crippen LogP contribution in [0.25, 0.3) is 0 Å². The summed E-state index contributed by atoms with van der Waals surface area (Å²) in [4.78, 5) is 37.3. The number of likely N-dealkylation sites (tertiary alicyclic amines) is 1. The van der Waals surface area contributed by atoms with E-state index in [1.54, 1.807) is 17.0 Å². The summed E-state index contributed by atoms with van der Waals surface area (Å²) in [6, 6.07) is 5.98. The average molecular weight is 332 g/mol. The van der Waals surface area contributed by atoms with Crippen molar-refractivity contribution in [2.75, 3.05) is 6.54 Å². The van der Waals surface area contributed by atoms with Crippen molar-refractivity contribution >= 4 is 17.8 Å². The van der Waals surface area contributed by atoms with Gasteiger partial charge in [0.05, 0.1) is 5.56 Å². The molecule has 0 aromatic heterocycles. The van der Waals surface area contributed by atoms with Gasteiger partial charge < -0.3 is 15.3 Å². The highest BCUT2D eigenvalue weighted by molar-refractivity contribution is 5.89. The quantitative estimate of drug-likeness (QED) is 0.864. The van der Waals surface area contributed by atoms with E-state index in [-0.39, 0.29) is 23.3 Å². The normalized spacial score (nSPS) is 17.6. The third-order valence-electron chi connectivity index (χ3n) is 4.25. The number of carbonyl (C=O) groups is 3. The Morgan fingerprint density at radius 2 is 1.88 bits per heavy atom. The van der Waals surface area contributed by atoms with Gasteiger partial charge in [0.1, 0.15) is 6.04 Å². The number of carbonyl (C=O) groups excluding carboxylic acids is 2. The van der Waals surface area contributed by atoms with Gasteiger partial charge in [0.15, 0.2) is 0 Å². The highest BCUT2D eigenvalue weighted by atomic mass is 16.4. The van der Waals surface area contributed by atoms with E-state index in [0.717, 1.165) is 18.4 Å². The molecule has 1 aromatic carbocycles. The van der Waals surface area contributed by atoms with Gasteiger partial charge >= 0.3 is 5.97 Å². The lowest BCUT2D eigenvalue weighted by molar-refractivity contribution is -0.144. The van der Waals surface area contributed by atoms with E-state index in [1.165, 1.54) is 12.1 Å². The Labute approximate surface area is 141 Å². The zero-order valence-electron chi connectivity index (χ0n) is 14.1. The highest BCUT2D eigenvalue weighted by Crippen LogP contribution is 2.19. The lowest BCUT2D eigenvalue weighted by atomic mass is 9.99. The molecule has 6 nitrogen and oxygen atoms in total. The first-order valence-corrected chi connectivity index (χ1v) is 8.30. The number of aromatic carboxylic acids is 1. The van der Waals surface area contributed by atoms with E-state index in [4.69, 9.17) is 5.11 Å². The van der Waals surface area contributed by atoms with Crippen LogP contribution in [0.15, 0.2) is 24.3 Å². The second-order valence-corrected chi connectivity index (χ2v) is 6.42. The maximum absolute atomic E-state index is 12.5. The maximum atomic E-state index is 12.5. The molecular weight excluding hydrogens is 308 g/mol. The molecule has 2 rings (SSSR count). The molecule has 1 aliphatic heterocycles. The van der Waals surface area contributed by atoms with Crippen molar-refractivity contribution in [3.63, 3.8) is 0 Å². The van der Waals surface area contributed by atoms with Crippen LogP contribution >= 0.6 is 0 Å². The molecule has 1 atom stereocenters. The standard InChI is InChI=1S/C18H24N2O4/c1-12(2)17(22)20-10-4-3-5-15(20)16(21)19-11-13-6-8-14(9-7-13)18(23)24/h6-9,12,15H,3-5,10-11H2,1-2H3,(H,19,21)(H,23,24). The van der Waals surface area contributed by atoms with Crippen molar-refractivity contribution in [2.24, 2.45) is 5.92 Å². The number of carboxylic acids is 1. The second kappa shape index (κ2) is 7.95. The van der Waals surface area contributed by atoms with Gasteiger partial charge in [-0.05, 0) is 37.0 Å². The summed E-state index contributed by atoms with van der Waals surface area (Å²) >= 11 is 0. The van der Waals surface area contributed by atoms with E-state index in [2.05, 4.69) is 5.32 Å². The first-order chi connectivity index (χ1) is 11.4. The first-order valence-electron chi connectivity index (χ1n) is 8.30. The largest absolute Gasteiger partial charge is 0.478 e. The molecule has 2 N–H and O–H groups in total. The van der Waals surface area contributed by atoms with Crippen molar-refractivity contribution in [3.05, 3.63) is 35.4 Å². The molecule has 1 aromatic rings. The van der Waals surface area contributed by atoms with Crippen LogP contribution in [0.5, 0.6) is 0 Å². The van der Waals surface area contributed by atoms with Crippen molar-refractivity contribution < 1.29 is 19.5 Å². The summed E-state index contributed by atoms with van der Waals surface area (Å²) in [5, 5.41) is 11.7. The Morgan fingerprint density at radius 3 is 2.46 bits per heavy atom. The van der Waals surface area contributed by atoms with Gasteiger partial charge in [-0.25, -0.2) is 4.79 Å². The third kappa shape index (κ3) is 4.34. The Balaban J connectivity index is 1.97. The summed E-state index contributed by atoms with van der Waals surface area (Å²) < 4.78 is 0. The Kier molecular flexibility index (Phi) is 5.95. The topological polar surface area (TPSA) is 86.7 Å². The number of hydrogen-bond donors (Lipinski definition) is 2. The van der Waals surface area contributed by atoms with Crippen LogP contribution in [0.3, 0.4) is 0 Å². The van der Waals surface area contributed by atoms with E-state index in [9.17, 15) is 14.4 Å². The summed E-state index contributed by atoms with van der Waals surface area (Å²) in [5.74, 6) is -1.23. The molecule has 1 aliphatic rings. The van der Waals surface area contributed by atoms with Crippen LogP contribution in [0.4, 0.5) is 0 Å². The number of amides is 2. The fourth-order valence-electron chi connectivity index (χ4n) is 2.87. The second-order valence-electron chi connectivity index (χ2n) is 6.42.